The highest BCUT2D eigenvalue weighted by Gasteiger charge is 2.28. The molecule has 0 bridgehead atoms. The van der Waals surface area contributed by atoms with Crippen LogP contribution < -0.4 is 0 Å². The number of carbonyl (C=O) groups is 1. The quantitative estimate of drug-likeness (QED) is 0.848. The van der Waals surface area contributed by atoms with Crippen molar-refractivity contribution in [3.63, 3.8) is 0 Å². The van der Waals surface area contributed by atoms with Crippen molar-refractivity contribution in [2.45, 2.75) is 31.7 Å². The van der Waals surface area contributed by atoms with Gasteiger partial charge < -0.3 is 9.64 Å². The molecule has 1 aromatic heterocycles. The Hall–Kier alpha value is -1.98. The van der Waals surface area contributed by atoms with Crippen LogP contribution in [0.3, 0.4) is 0 Å². The van der Waals surface area contributed by atoms with E-state index in [1.165, 1.54) is 6.42 Å². The van der Waals surface area contributed by atoms with Gasteiger partial charge in [-0.05, 0) is 37.8 Å². The fraction of sp³-hybridized carbons (Fsp3) is 0.524. The number of carbonyl (C=O) groups excluding carboxylic acids is 1. The predicted octanol–water partition coefficient (Wildman–Crippen LogP) is 2.95. The number of hydrogen-bond acceptors (Lipinski definition) is 4. The monoisotopic (exact) mass is 353 g/mol. The summed E-state index contributed by atoms with van der Waals surface area (Å²) in [5.41, 5.74) is 1.65. The van der Waals surface area contributed by atoms with Crippen LogP contribution in [0.2, 0.25) is 0 Å². The number of pyridine rings is 1. The molecule has 2 aliphatic heterocycles. The molecule has 0 N–H and O–H groups in total. The van der Waals surface area contributed by atoms with E-state index in [1.807, 2.05) is 30.3 Å². The molecule has 0 saturated carbocycles. The third kappa shape index (κ3) is 3.89. The number of para-hydroxylation sites is 1. The van der Waals surface area contributed by atoms with Crippen LogP contribution in [0.5, 0.6) is 0 Å². The highest BCUT2D eigenvalue weighted by Crippen LogP contribution is 2.23. The van der Waals surface area contributed by atoms with E-state index in [0.29, 0.717) is 11.6 Å². The lowest BCUT2D eigenvalue weighted by Crippen LogP contribution is -2.46. The van der Waals surface area contributed by atoms with Gasteiger partial charge in [0.15, 0.2) is 0 Å². The van der Waals surface area contributed by atoms with Gasteiger partial charge in [0.25, 0.3) is 5.91 Å². The summed E-state index contributed by atoms with van der Waals surface area (Å²) < 4.78 is 5.43. The van der Waals surface area contributed by atoms with E-state index in [4.69, 9.17) is 4.74 Å². The van der Waals surface area contributed by atoms with E-state index in [0.717, 1.165) is 69.6 Å². The molecule has 0 unspecified atom stereocenters. The molecule has 1 amide bonds. The Morgan fingerprint density at radius 1 is 1.15 bits per heavy atom. The van der Waals surface area contributed by atoms with Crippen LogP contribution in [0.15, 0.2) is 36.5 Å². The summed E-state index contributed by atoms with van der Waals surface area (Å²) in [6, 6.07) is 10.3. The van der Waals surface area contributed by atoms with Crippen LogP contribution in [0, 0.1) is 0 Å². The number of ether oxygens (including phenoxy) is 1. The van der Waals surface area contributed by atoms with Crippen LogP contribution in [0.25, 0.3) is 10.9 Å². The van der Waals surface area contributed by atoms with Crippen molar-refractivity contribution in [2.24, 2.45) is 0 Å². The van der Waals surface area contributed by atoms with Crippen LogP contribution in [0.1, 0.15) is 36.0 Å². The summed E-state index contributed by atoms with van der Waals surface area (Å²) in [4.78, 5) is 22.2. The van der Waals surface area contributed by atoms with Crippen molar-refractivity contribution >= 4 is 16.8 Å². The van der Waals surface area contributed by atoms with Gasteiger partial charge in [-0.25, -0.2) is 0 Å². The Labute approximate surface area is 154 Å². The Morgan fingerprint density at radius 2 is 2.00 bits per heavy atom. The maximum atomic E-state index is 13.2. The minimum Gasteiger partial charge on any atom is -0.379 e. The standard InChI is InChI=1S/C21H27N3O2/c25-21(18-15-17-5-1-2-7-20(17)22-16-18)24-9-4-3-6-19(24)8-10-23-11-13-26-14-12-23/h1-2,5,7,15-16,19H,3-4,6,8-14H2/t19-/m1/s1. The van der Waals surface area contributed by atoms with Gasteiger partial charge in [-0.15, -0.1) is 0 Å². The number of fused-ring (bicyclic) bond motifs is 1. The average Bonchev–Trinajstić information content (AvgIpc) is 2.72. The third-order valence-corrected chi connectivity index (χ3v) is 5.61. The summed E-state index contributed by atoms with van der Waals surface area (Å²) in [5.74, 6) is 0.134. The molecule has 2 saturated heterocycles. The van der Waals surface area contributed by atoms with E-state index in [-0.39, 0.29) is 5.91 Å². The fourth-order valence-corrected chi connectivity index (χ4v) is 4.08. The summed E-state index contributed by atoms with van der Waals surface area (Å²) in [5, 5.41) is 1.03. The van der Waals surface area contributed by atoms with Crippen molar-refractivity contribution in [1.82, 2.24) is 14.8 Å². The molecule has 1 atom stereocenters. The smallest absolute Gasteiger partial charge is 0.255 e. The zero-order valence-electron chi connectivity index (χ0n) is 15.3. The summed E-state index contributed by atoms with van der Waals surface area (Å²) in [6.45, 7) is 5.59. The Kier molecular flexibility index (Phi) is 5.46. The molecule has 5 heteroatoms. The summed E-state index contributed by atoms with van der Waals surface area (Å²) in [7, 11) is 0. The van der Waals surface area contributed by atoms with Gasteiger partial charge in [-0.1, -0.05) is 18.2 Å². The number of benzene rings is 1. The second-order valence-corrected chi connectivity index (χ2v) is 7.31. The molecule has 4 rings (SSSR count). The van der Waals surface area contributed by atoms with Crippen LogP contribution in [-0.2, 0) is 4.74 Å². The number of hydrogen-bond donors (Lipinski definition) is 0. The van der Waals surface area contributed by atoms with Gasteiger partial charge in [0, 0.05) is 43.8 Å². The zero-order chi connectivity index (χ0) is 17.8. The van der Waals surface area contributed by atoms with Crippen molar-refractivity contribution in [3.8, 4) is 0 Å². The van der Waals surface area contributed by atoms with Crippen LogP contribution in [0.4, 0.5) is 0 Å². The molecular formula is C21H27N3O2. The second kappa shape index (κ2) is 8.14. The Balaban J connectivity index is 1.46. The topological polar surface area (TPSA) is 45.7 Å². The highest BCUT2D eigenvalue weighted by atomic mass is 16.5. The summed E-state index contributed by atoms with van der Waals surface area (Å²) >= 11 is 0. The van der Waals surface area contributed by atoms with Crippen molar-refractivity contribution in [2.75, 3.05) is 39.4 Å². The minimum atomic E-state index is 0.134. The van der Waals surface area contributed by atoms with E-state index < -0.39 is 0 Å². The van der Waals surface area contributed by atoms with Gasteiger partial charge in [0.2, 0.25) is 0 Å². The first kappa shape index (κ1) is 17.4. The summed E-state index contributed by atoms with van der Waals surface area (Å²) in [6.07, 6.45) is 6.20. The third-order valence-electron chi connectivity index (χ3n) is 5.61. The van der Waals surface area contributed by atoms with E-state index in [1.54, 1.807) is 6.20 Å². The zero-order valence-corrected chi connectivity index (χ0v) is 15.3. The highest BCUT2D eigenvalue weighted by molar-refractivity contribution is 5.97. The van der Waals surface area contributed by atoms with Crippen LogP contribution in [-0.4, -0.2) is 66.1 Å². The molecule has 3 heterocycles. The number of aromatic nitrogens is 1. The number of likely N-dealkylation sites (tertiary alicyclic amines) is 1. The van der Waals surface area contributed by atoms with Crippen molar-refractivity contribution in [3.05, 3.63) is 42.1 Å². The largest absolute Gasteiger partial charge is 0.379 e. The maximum absolute atomic E-state index is 13.2. The molecule has 2 aliphatic rings. The van der Waals surface area contributed by atoms with Gasteiger partial charge in [0.05, 0.1) is 24.3 Å². The molecule has 5 nitrogen and oxygen atoms in total. The van der Waals surface area contributed by atoms with Crippen LogP contribution >= 0.6 is 0 Å². The van der Waals surface area contributed by atoms with E-state index >= 15 is 0 Å². The number of morpholine rings is 1. The van der Waals surface area contributed by atoms with Crippen molar-refractivity contribution in [1.29, 1.82) is 0 Å². The predicted molar refractivity (Wildman–Crippen MR) is 102 cm³/mol. The minimum absolute atomic E-state index is 0.134. The molecule has 1 aromatic carbocycles. The number of rotatable bonds is 4. The fourth-order valence-electron chi connectivity index (χ4n) is 4.08. The van der Waals surface area contributed by atoms with Crippen molar-refractivity contribution < 1.29 is 9.53 Å². The first-order valence-corrected chi connectivity index (χ1v) is 9.77. The molecular weight excluding hydrogens is 326 g/mol. The molecule has 0 radical (unpaired) electrons. The lowest BCUT2D eigenvalue weighted by atomic mass is 9.98. The second-order valence-electron chi connectivity index (χ2n) is 7.31. The van der Waals surface area contributed by atoms with Gasteiger partial charge >= 0.3 is 0 Å². The Morgan fingerprint density at radius 3 is 2.88 bits per heavy atom. The molecule has 2 aromatic rings. The number of nitrogens with zero attached hydrogens (tertiary/aromatic N) is 3. The number of amides is 1. The lowest BCUT2D eigenvalue weighted by molar-refractivity contribution is 0.0295. The molecule has 26 heavy (non-hydrogen) atoms. The van der Waals surface area contributed by atoms with Gasteiger partial charge in [-0.3, -0.25) is 14.7 Å². The lowest BCUT2D eigenvalue weighted by Gasteiger charge is -2.37. The Bertz CT molecular complexity index is 758. The number of piperidine rings is 1. The maximum Gasteiger partial charge on any atom is 0.255 e. The first-order chi connectivity index (χ1) is 12.8. The normalized spacial score (nSPS) is 21.8. The molecule has 0 spiro atoms. The average molecular weight is 353 g/mol. The first-order valence-electron chi connectivity index (χ1n) is 9.77. The SMILES string of the molecule is O=C(c1cnc2ccccc2c1)N1CCCC[C@@H]1CCN1CCOCC1. The van der Waals surface area contributed by atoms with E-state index in [9.17, 15) is 4.79 Å². The molecule has 0 aliphatic carbocycles. The van der Waals surface area contributed by atoms with E-state index in [2.05, 4.69) is 14.8 Å². The molecule has 138 valence electrons. The molecule has 2 fully saturated rings. The van der Waals surface area contributed by atoms with Gasteiger partial charge in [-0.2, -0.15) is 0 Å². The van der Waals surface area contributed by atoms with Gasteiger partial charge in [0.1, 0.15) is 0 Å².